The number of nitrogens with zero attached hydrogens (tertiary/aromatic N) is 2. The van der Waals surface area contributed by atoms with E-state index in [0.29, 0.717) is 6.42 Å². The van der Waals surface area contributed by atoms with Gasteiger partial charge in [0.2, 0.25) is 5.82 Å². The number of hydrogen-bond donors (Lipinski definition) is 0. The van der Waals surface area contributed by atoms with E-state index in [9.17, 15) is 17.6 Å². The van der Waals surface area contributed by atoms with Gasteiger partial charge in [-0.3, -0.25) is 0 Å². The van der Waals surface area contributed by atoms with E-state index in [-0.39, 0.29) is 16.1 Å². The summed E-state index contributed by atoms with van der Waals surface area (Å²) >= 11 is 5.62. The number of aromatic nitrogens is 2. The Kier molecular flexibility index (Phi) is 6.92. The maximum Gasteiger partial charge on any atom is 0.462 e. The molecule has 3 rings (SSSR count). The predicted octanol–water partition coefficient (Wildman–Crippen LogP) is 6.94. The van der Waals surface area contributed by atoms with E-state index >= 15 is 0 Å². The van der Waals surface area contributed by atoms with E-state index in [1.165, 1.54) is 30.6 Å². The number of hydrogen-bond acceptors (Lipinski definition) is 3. The van der Waals surface area contributed by atoms with Gasteiger partial charge >= 0.3 is 6.11 Å². The summed E-state index contributed by atoms with van der Waals surface area (Å²) in [5, 5.41) is -0.102. The van der Waals surface area contributed by atoms with Crippen molar-refractivity contribution in [3.63, 3.8) is 0 Å². The van der Waals surface area contributed by atoms with Crippen molar-refractivity contribution in [3.8, 4) is 16.9 Å². The van der Waals surface area contributed by atoms with Gasteiger partial charge in [0, 0.05) is 24.0 Å². The number of alkyl halides is 2. The molecule has 2 aromatic carbocycles. The molecule has 1 aromatic heterocycles. The molecule has 30 heavy (non-hydrogen) atoms. The van der Waals surface area contributed by atoms with Crippen LogP contribution in [-0.4, -0.2) is 9.97 Å². The average molecular weight is 439 g/mol. The van der Waals surface area contributed by atoms with Crippen LogP contribution in [0.15, 0.2) is 48.8 Å². The summed E-state index contributed by atoms with van der Waals surface area (Å²) < 4.78 is 61.5. The molecule has 0 aliphatic rings. The fourth-order valence-corrected chi connectivity index (χ4v) is 2.98. The van der Waals surface area contributed by atoms with Gasteiger partial charge in [-0.1, -0.05) is 37.4 Å². The van der Waals surface area contributed by atoms with Crippen LogP contribution < -0.4 is 4.74 Å². The molecule has 0 spiro atoms. The van der Waals surface area contributed by atoms with Gasteiger partial charge in [0.15, 0.2) is 0 Å². The molecule has 0 fully saturated rings. The Hall–Kier alpha value is -2.67. The second kappa shape index (κ2) is 9.43. The lowest BCUT2D eigenvalue weighted by Gasteiger charge is -2.17. The summed E-state index contributed by atoms with van der Waals surface area (Å²) in [6.07, 6.45) is 2.55. The Balaban J connectivity index is 1.74. The van der Waals surface area contributed by atoms with Crippen molar-refractivity contribution in [2.45, 2.75) is 38.7 Å². The quantitative estimate of drug-likeness (QED) is 0.282. The summed E-state index contributed by atoms with van der Waals surface area (Å²) in [6.45, 7) is 2.07. The van der Waals surface area contributed by atoms with Gasteiger partial charge in [0.05, 0.1) is 5.02 Å². The van der Waals surface area contributed by atoms with Crippen LogP contribution in [0.4, 0.5) is 17.6 Å². The number of aryl methyl sites for hydroxylation is 1. The smallest absolute Gasteiger partial charge is 0.426 e. The van der Waals surface area contributed by atoms with E-state index in [4.69, 9.17) is 11.6 Å². The highest BCUT2D eigenvalue weighted by molar-refractivity contribution is 6.30. The second-order valence-electron chi connectivity index (χ2n) is 6.76. The van der Waals surface area contributed by atoms with E-state index < -0.39 is 29.3 Å². The zero-order valence-corrected chi connectivity index (χ0v) is 16.9. The minimum atomic E-state index is -3.84. The van der Waals surface area contributed by atoms with E-state index in [2.05, 4.69) is 21.6 Å². The van der Waals surface area contributed by atoms with Crippen LogP contribution in [0.5, 0.6) is 5.75 Å². The minimum Gasteiger partial charge on any atom is -0.426 e. The Labute approximate surface area is 176 Å². The molecule has 3 nitrogen and oxygen atoms in total. The maximum atomic E-state index is 14.4. The third-order valence-corrected chi connectivity index (χ3v) is 4.76. The lowest BCUT2D eigenvalue weighted by atomic mass is 10.0. The van der Waals surface area contributed by atoms with Gasteiger partial charge in [0.25, 0.3) is 0 Å². The molecule has 0 saturated heterocycles. The standard InChI is InChI=1S/C22H19ClF4N2O/c1-2-3-4-5-14-12-28-21(29-13-14)22(26,27)30-16-7-8-17(19(24)11-16)15-6-9-18(23)20(25)10-15/h6-13H,2-5H2,1H3. The lowest BCUT2D eigenvalue weighted by Crippen LogP contribution is -2.25. The number of ether oxygens (including phenoxy) is 1. The summed E-state index contributed by atoms with van der Waals surface area (Å²) in [5.41, 5.74) is 0.997. The van der Waals surface area contributed by atoms with Crippen LogP contribution in [-0.2, 0) is 12.5 Å². The monoisotopic (exact) mass is 438 g/mol. The molecule has 0 aliphatic heterocycles. The first kappa shape index (κ1) is 22.0. The van der Waals surface area contributed by atoms with Crippen molar-refractivity contribution < 1.29 is 22.3 Å². The second-order valence-corrected chi connectivity index (χ2v) is 7.17. The fraction of sp³-hybridized carbons (Fsp3) is 0.273. The first-order valence-electron chi connectivity index (χ1n) is 9.43. The highest BCUT2D eigenvalue weighted by atomic mass is 35.5. The molecule has 0 unspecified atom stereocenters. The van der Waals surface area contributed by atoms with Crippen LogP contribution in [0.25, 0.3) is 11.1 Å². The van der Waals surface area contributed by atoms with Gasteiger partial charge < -0.3 is 4.74 Å². The number of benzene rings is 2. The summed E-state index contributed by atoms with van der Waals surface area (Å²) in [4.78, 5) is 7.39. The van der Waals surface area contributed by atoms with Gasteiger partial charge in [-0.15, -0.1) is 0 Å². The van der Waals surface area contributed by atoms with Crippen molar-refractivity contribution in [1.29, 1.82) is 0 Å². The van der Waals surface area contributed by atoms with E-state index in [1.54, 1.807) is 0 Å². The van der Waals surface area contributed by atoms with Crippen molar-refractivity contribution >= 4 is 11.6 Å². The Morgan fingerprint density at radius 1 is 0.967 bits per heavy atom. The van der Waals surface area contributed by atoms with Crippen molar-refractivity contribution in [2.24, 2.45) is 0 Å². The van der Waals surface area contributed by atoms with Crippen LogP contribution in [0, 0.1) is 11.6 Å². The Bertz CT molecular complexity index is 1010. The van der Waals surface area contributed by atoms with Gasteiger partial charge in [0.1, 0.15) is 17.4 Å². The van der Waals surface area contributed by atoms with Crippen LogP contribution >= 0.6 is 11.6 Å². The van der Waals surface area contributed by atoms with Crippen molar-refractivity contribution in [3.05, 3.63) is 76.8 Å². The molecular formula is C22H19ClF4N2O. The summed E-state index contributed by atoms with van der Waals surface area (Å²) in [5.74, 6) is -2.79. The third kappa shape index (κ3) is 5.27. The average Bonchev–Trinajstić information content (AvgIpc) is 2.71. The van der Waals surface area contributed by atoms with Gasteiger partial charge in [-0.25, -0.2) is 18.7 Å². The molecular weight excluding hydrogens is 420 g/mol. The normalized spacial score (nSPS) is 11.5. The molecule has 0 amide bonds. The van der Waals surface area contributed by atoms with Crippen LogP contribution in [0.2, 0.25) is 5.02 Å². The molecule has 3 aromatic rings. The van der Waals surface area contributed by atoms with Crippen LogP contribution in [0.3, 0.4) is 0 Å². The first-order valence-corrected chi connectivity index (χ1v) is 9.81. The number of unbranched alkanes of at least 4 members (excludes halogenated alkanes) is 2. The third-order valence-electron chi connectivity index (χ3n) is 4.45. The van der Waals surface area contributed by atoms with E-state index in [1.807, 2.05) is 0 Å². The topological polar surface area (TPSA) is 35.0 Å². The zero-order chi connectivity index (χ0) is 21.7. The SMILES string of the molecule is CCCCCc1cnc(C(F)(F)Oc2ccc(-c3ccc(Cl)c(F)c3)c(F)c2)nc1. The molecule has 0 N–H and O–H groups in total. The van der Waals surface area contributed by atoms with Crippen molar-refractivity contribution in [2.75, 3.05) is 0 Å². The molecule has 158 valence electrons. The van der Waals surface area contributed by atoms with Crippen LogP contribution in [0.1, 0.15) is 37.6 Å². The largest absolute Gasteiger partial charge is 0.462 e. The fourth-order valence-electron chi connectivity index (χ4n) is 2.86. The molecule has 0 atom stereocenters. The summed E-state index contributed by atoms with van der Waals surface area (Å²) in [6, 6.07) is 6.96. The van der Waals surface area contributed by atoms with Gasteiger partial charge in [-0.05, 0) is 48.2 Å². The molecule has 8 heteroatoms. The molecule has 0 radical (unpaired) electrons. The molecule has 0 saturated carbocycles. The molecule has 0 bridgehead atoms. The first-order chi connectivity index (χ1) is 14.3. The lowest BCUT2D eigenvalue weighted by molar-refractivity contribution is -0.192. The highest BCUT2D eigenvalue weighted by Gasteiger charge is 2.38. The zero-order valence-electron chi connectivity index (χ0n) is 16.1. The Morgan fingerprint density at radius 2 is 1.70 bits per heavy atom. The minimum absolute atomic E-state index is 0.0221. The molecule has 1 heterocycles. The van der Waals surface area contributed by atoms with E-state index in [0.717, 1.165) is 43.0 Å². The van der Waals surface area contributed by atoms with Gasteiger partial charge in [-0.2, -0.15) is 8.78 Å². The maximum absolute atomic E-state index is 14.4. The van der Waals surface area contributed by atoms with Crippen molar-refractivity contribution in [1.82, 2.24) is 9.97 Å². The highest BCUT2D eigenvalue weighted by Crippen LogP contribution is 2.33. The summed E-state index contributed by atoms with van der Waals surface area (Å²) in [7, 11) is 0. The number of halogens is 5. The molecule has 0 aliphatic carbocycles. The predicted molar refractivity (Wildman–Crippen MR) is 107 cm³/mol. The number of rotatable bonds is 8. The Morgan fingerprint density at radius 3 is 2.33 bits per heavy atom.